The van der Waals surface area contributed by atoms with Crippen molar-refractivity contribution in [3.63, 3.8) is 0 Å². The van der Waals surface area contributed by atoms with Gasteiger partial charge in [0.2, 0.25) is 0 Å². The van der Waals surface area contributed by atoms with Crippen LogP contribution in [-0.2, 0) is 12.8 Å². The summed E-state index contributed by atoms with van der Waals surface area (Å²) in [4.78, 5) is 20.0. The van der Waals surface area contributed by atoms with Crippen molar-refractivity contribution in [3.05, 3.63) is 47.4 Å². The molecule has 1 heterocycles. The lowest BCUT2D eigenvalue weighted by Gasteiger charge is -2.07. The molecule has 2 aromatic rings. The monoisotopic (exact) mass is 269 g/mol. The Morgan fingerprint density at radius 2 is 2.00 bits per heavy atom. The van der Waals surface area contributed by atoms with Gasteiger partial charge >= 0.3 is 0 Å². The molecular formula is C14H15N5O. The number of carbonyl (C=O) groups is 1. The van der Waals surface area contributed by atoms with Crippen LogP contribution in [0.25, 0.3) is 0 Å². The van der Waals surface area contributed by atoms with Gasteiger partial charge in [0.1, 0.15) is 5.69 Å². The van der Waals surface area contributed by atoms with Crippen LogP contribution in [0.1, 0.15) is 28.0 Å². The van der Waals surface area contributed by atoms with Crippen molar-refractivity contribution in [3.8, 4) is 0 Å². The Morgan fingerprint density at radius 3 is 2.75 bits per heavy atom. The van der Waals surface area contributed by atoms with E-state index < -0.39 is 0 Å². The molecule has 0 fully saturated rings. The highest BCUT2D eigenvalue weighted by Crippen LogP contribution is 2.25. The summed E-state index contributed by atoms with van der Waals surface area (Å²) in [5, 5.41) is 2.83. The lowest BCUT2D eigenvalue weighted by atomic mass is 10.1. The van der Waals surface area contributed by atoms with E-state index in [0.717, 1.165) is 18.5 Å². The van der Waals surface area contributed by atoms with Crippen LogP contribution in [0.15, 0.2) is 30.6 Å². The molecule has 0 atom stereocenters. The zero-order valence-electron chi connectivity index (χ0n) is 10.9. The predicted octanol–water partition coefficient (Wildman–Crippen LogP) is 1.50. The van der Waals surface area contributed by atoms with Gasteiger partial charge in [-0.3, -0.25) is 4.79 Å². The van der Waals surface area contributed by atoms with Crippen LogP contribution in [0.5, 0.6) is 0 Å². The maximum absolute atomic E-state index is 12.0. The molecule has 0 bridgehead atoms. The molecule has 0 saturated carbocycles. The van der Waals surface area contributed by atoms with E-state index in [0.29, 0.717) is 5.82 Å². The number of hydrogen-bond donors (Lipinski definition) is 3. The SMILES string of the molecule is NNc1cnc(C(=O)Nc2ccc3c(c2)CCC3)cn1. The first-order valence-corrected chi connectivity index (χ1v) is 6.48. The van der Waals surface area contributed by atoms with E-state index in [9.17, 15) is 4.79 Å². The van der Waals surface area contributed by atoms with E-state index in [1.54, 1.807) is 0 Å². The Labute approximate surface area is 116 Å². The molecule has 4 N–H and O–H groups in total. The maximum Gasteiger partial charge on any atom is 0.275 e. The number of hydrogen-bond acceptors (Lipinski definition) is 5. The topological polar surface area (TPSA) is 92.9 Å². The van der Waals surface area contributed by atoms with Crippen LogP contribution in [0.3, 0.4) is 0 Å². The van der Waals surface area contributed by atoms with Gasteiger partial charge in [-0.1, -0.05) is 6.07 Å². The standard InChI is InChI=1S/C14H15N5O/c15-19-13-8-16-12(7-17-13)14(20)18-11-5-4-9-2-1-3-10(9)6-11/h4-8H,1-3,15H2,(H,17,19)(H,18,20). The number of aromatic nitrogens is 2. The summed E-state index contributed by atoms with van der Waals surface area (Å²) in [6.07, 6.45) is 6.19. The number of fused-ring (bicyclic) bond motifs is 1. The second-order valence-electron chi connectivity index (χ2n) is 4.72. The molecule has 0 aliphatic heterocycles. The summed E-state index contributed by atoms with van der Waals surface area (Å²) >= 11 is 0. The minimum Gasteiger partial charge on any atom is -0.321 e. The van der Waals surface area contributed by atoms with Crippen molar-refractivity contribution in [2.24, 2.45) is 5.84 Å². The van der Waals surface area contributed by atoms with Crippen LogP contribution in [0.4, 0.5) is 11.5 Å². The van der Waals surface area contributed by atoms with Crippen molar-refractivity contribution in [2.45, 2.75) is 19.3 Å². The summed E-state index contributed by atoms with van der Waals surface area (Å²) in [5.74, 6) is 5.34. The molecule has 0 spiro atoms. The molecule has 0 radical (unpaired) electrons. The van der Waals surface area contributed by atoms with Gasteiger partial charge in [-0.2, -0.15) is 0 Å². The molecular weight excluding hydrogens is 254 g/mol. The van der Waals surface area contributed by atoms with Gasteiger partial charge in [0.25, 0.3) is 5.91 Å². The molecule has 1 amide bonds. The Morgan fingerprint density at radius 1 is 1.15 bits per heavy atom. The van der Waals surface area contributed by atoms with Crippen LogP contribution in [0, 0.1) is 0 Å². The number of hydrazine groups is 1. The second-order valence-corrected chi connectivity index (χ2v) is 4.72. The first-order chi connectivity index (χ1) is 9.76. The van der Waals surface area contributed by atoms with E-state index in [4.69, 9.17) is 5.84 Å². The summed E-state index contributed by atoms with van der Waals surface area (Å²) in [7, 11) is 0. The molecule has 6 nitrogen and oxygen atoms in total. The summed E-state index contributed by atoms with van der Waals surface area (Å²) in [6.45, 7) is 0. The smallest absolute Gasteiger partial charge is 0.275 e. The molecule has 1 aromatic heterocycles. The third kappa shape index (κ3) is 2.46. The van der Waals surface area contributed by atoms with Crippen LogP contribution < -0.4 is 16.6 Å². The number of benzene rings is 1. The summed E-state index contributed by atoms with van der Waals surface area (Å²) in [6, 6.07) is 6.03. The van der Waals surface area contributed by atoms with Crippen molar-refractivity contribution in [1.29, 1.82) is 0 Å². The number of rotatable bonds is 3. The highest BCUT2D eigenvalue weighted by Gasteiger charge is 2.13. The normalized spacial score (nSPS) is 12.8. The maximum atomic E-state index is 12.0. The van der Waals surface area contributed by atoms with Crippen molar-refractivity contribution >= 4 is 17.4 Å². The Bertz CT molecular complexity index is 639. The summed E-state index contributed by atoms with van der Waals surface area (Å²) < 4.78 is 0. The largest absolute Gasteiger partial charge is 0.321 e. The Hall–Kier alpha value is -2.47. The zero-order valence-corrected chi connectivity index (χ0v) is 10.9. The van der Waals surface area contributed by atoms with Crippen LogP contribution >= 0.6 is 0 Å². The van der Waals surface area contributed by atoms with Gasteiger partial charge in [-0.05, 0) is 42.5 Å². The van der Waals surface area contributed by atoms with Crippen molar-refractivity contribution in [2.75, 3.05) is 10.7 Å². The average Bonchev–Trinajstić information content (AvgIpc) is 2.95. The molecule has 102 valence electrons. The molecule has 20 heavy (non-hydrogen) atoms. The number of nitrogens with two attached hydrogens (primary N) is 1. The number of nitrogens with zero attached hydrogens (tertiary/aromatic N) is 2. The van der Waals surface area contributed by atoms with E-state index in [1.807, 2.05) is 12.1 Å². The first-order valence-electron chi connectivity index (χ1n) is 6.48. The second kappa shape index (κ2) is 5.26. The van der Waals surface area contributed by atoms with Gasteiger partial charge in [0.15, 0.2) is 5.82 Å². The lowest BCUT2D eigenvalue weighted by molar-refractivity contribution is 0.102. The third-order valence-electron chi connectivity index (χ3n) is 3.39. The molecule has 0 saturated heterocycles. The van der Waals surface area contributed by atoms with E-state index >= 15 is 0 Å². The molecule has 0 unspecified atom stereocenters. The zero-order chi connectivity index (χ0) is 13.9. The predicted molar refractivity (Wildman–Crippen MR) is 76.3 cm³/mol. The number of nitrogen functional groups attached to an aromatic ring is 1. The third-order valence-corrected chi connectivity index (χ3v) is 3.39. The Balaban J connectivity index is 1.75. The van der Waals surface area contributed by atoms with Gasteiger partial charge in [-0.25, -0.2) is 15.8 Å². The van der Waals surface area contributed by atoms with Crippen molar-refractivity contribution in [1.82, 2.24) is 9.97 Å². The number of anilines is 2. The van der Waals surface area contributed by atoms with Gasteiger partial charge in [0.05, 0.1) is 12.4 Å². The molecule has 1 aliphatic carbocycles. The summed E-state index contributed by atoms with van der Waals surface area (Å²) in [5.41, 5.74) is 6.10. The Kier molecular flexibility index (Phi) is 3.30. The minimum absolute atomic E-state index is 0.254. The quantitative estimate of drug-likeness (QED) is 0.580. The van der Waals surface area contributed by atoms with Crippen molar-refractivity contribution < 1.29 is 4.79 Å². The van der Waals surface area contributed by atoms with Gasteiger partial charge in [-0.15, -0.1) is 0 Å². The van der Waals surface area contributed by atoms with E-state index in [-0.39, 0.29) is 11.6 Å². The number of amides is 1. The fourth-order valence-corrected chi connectivity index (χ4v) is 2.36. The highest BCUT2D eigenvalue weighted by molar-refractivity contribution is 6.02. The lowest BCUT2D eigenvalue weighted by Crippen LogP contribution is -2.15. The van der Waals surface area contributed by atoms with Gasteiger partial charge < -0.3 is 10.7 Å². The fourth-order valence-electron chi connectivity index (χ4n) is 2.36. The number of nitrogens with one attached hydrogen (secondary N) is 2. The van der Waals surface area contributed by atoms with Crippen LogP contribution in [-0.4, -0.2) is 15.9 Å². The number of carbonyl (C=O) groups excluding carboxylic acids is 1. The molecule has 3 rings (SSSR count). The van der Waals surface area contributed by atoms with E-state index in [1.165, 1.54) is 29.9 Å². The fraction of sp³-hybridized carbons (Fsp3) is 0.214. The molecule has 1 aromatic carbocycles. The van der Waals surface area contributed by atoms with E-state index in [2.05, 4.69) is 26.8 Å². The van der Waals surface area contributed by atoms with Crippen LogP contribution in [0.2, 0.25) is 0 Å². The highest BCUT2D eigenvalue weighted by atomic mass is 16.1. The molecule has 1 aliphatic rings. The first kappa shape index (κ1) is 12.6. The minimum atomic E-state index is -0.279. The average molecular weight is 269 g/mol. The van der Waals surface area contributed by atoms with Gasteiger partial charge in [0, 0.05) is 5.69 Å². The molecule has 6 heteroatoms. The number of aryl methyl sites for hydroxylation is 2.